The number of benzene rings is 1. The zero-order valence-electron chi connectivity index (χ0n) is 14.2. The number of hydrogen-bond acceptors (Lipinski definition) is 3. The zero-order chi connectivity index (χ0) is 15.5. The van der Waals surface area contributed by atoms with Crippen LogP contribution in [0.15, 0.2) is 24.3 Å². The van der Waals surface area contributed by atoms with Crippen LogP contribution in [0.4, 0.5) is 0 Å². The van der Waals surface area contributed by atoms with Gasteiger partial charge in [-0.2, -0.15) is 0 Å². The maximum Gasteiger partial charge on any atom is 0.0589 e. The van der Waals surface area contributed by atoms with Gasteiger partial charge < -0.3 is 10.1 Å². The Morgan fingerprint density at radius 2 is 1.90 bits per heavy atom. The van der Waals surface area contributed by atoms with Crippen LogP contribution < -0.4 is 5.32 Å². The van der Waals surface area contributed by atoms with Gasteiger partial charge in [0.2, 0.25) is 0 Å². The highest BCUT2D eigenvalue weighted by molar-refractivity contribution is 5.27. The van der Waals surface area contributed by atoms with E-state index in [-0.39, 0.29) is 0 Å². The van der Waals surface area contributed by atoms with Gasteiger partial charge >= 0.3 is 0 Å². The van der Waals surface area contributed by atoms with Crippen molar-refractivity contribution in [3.05, 3.63) is 35.4 Å². The molecule has 0 saturated heterocycles. The lowest BCUT2D eigenvalue weighted by Gasteiger charge is -2.21. The summed E-state index contributed by atoms with van der Waals surface area (Å²) in [6.07, 6.45) is 1.10. The van der Waals surface area contributed by atoms with Gasteiger partial charge in [-0.3, -0.25) is 4.90 Å². The van der Waals surface area contributed by atoms with Crippen molar-refractivity contribution in [3.8, 4) is 0 Å². The highest BCUT2D eigenvalue weighted by atomic mass is 16.5. The van der Waals surface area contributed by atoms with Gasteiger partial charge in [-0.05, 0) is 43.1 Å². The second-order valence-corrected chi connectivity index (χ2v) is 5.98. The van der Waals surface area contributed by atoms with E-state index in [9.17, 15) is 0 Å². The van der Waals surface area contributed by atoms with E-state index in [4.69, 9.17) is 4.74 Å². The van der Waals surface area contributed by atoms with Crippen molar-refractivity contribution in [1.29, 1.82) is 0 Å². The Balaban J connectivity index is 2.53. The first-order chi connectivity index (χ1) is 10.2. The first-order valence-electron chi connectivity index (χ1n) is 8.16. The molecular formula is C18H32N2O. The Labute approximate surface area is 130 Å². The lowest BCUT2D eigenvalue weighted by atomic mass is 10.0. The SMILES string of the molecule is CCN(CCOC)Cc1ccccc1CCNCC(C)C. The smallest absolute Gasteiger partial charge is 0.0589 e. The summed E-state index contributed by atoms with van der Waals surface area (Å²) in [5, 5.41) is 3.53. The summed E-state index contributed by atoms with van der Waals surface area (Å²) in [5.41, 5.74) is 2.91. The van der Waals surface area contributed by atoms with Gasteiger partial charge in [0, 0.05) is 20.2 Å². The Bertz CT molecular complexity index is 379. The molecule has 0 saturated carbocycles. The summed E-state index contributed by atoms with van der Waals surface area (Å²) < 4.78 is 5.19. The van der Waals surface area contributed by atoms with Crippen LogP contribution in [0, 0.1) is 5.92 Å². The number of methoxy groups -OCH3 is 1. The molecule has 3 nitrogen and oxygen atoms in total. The van der Waals surface area contributed by atoms with Crippen LogP contribution in [0.5, 0.6) is 0 Å². The van der Waals surface area contributed by atoms with Crippen LogP contribution in [0.1, 0.15) is 31.9 Å². The molecule has 21 heavy (non-hydrogen) atoms. The van der Waals surface area contributed by atoms with E-state index in [2.05, 4.69) is 55.3 Å². The van der Waals surface area contributed by atoms with Crippen molar-refractivity contribution >= 4 is 0 Å². The maximum absolute atomic E-state index is 5.19. The summed E-state index contributed by atoms with van der Waals surface area (Å²) in [5.74, 6) is 0.713. The second-order valence-electron chi connectivity index (χ2n) is 5.98. The fourth-order valence-corrected chi connectivity index (χ4v) is 2.38. The topological polar surface area (TPSA) is 24.5 Å². The van der Waals surface area contributed by atoms with E-state index in [0.717, 1.165) is 45.8 Å². The Hall–Kier alpha value is -0.900. The standard InChI is InChI=1S/C18H32N2O/c1-5-20(12-13-21-4)15-18-9-7-6-8-17(18)10-11-19-14-16(2)3/h6-9,16,19H,5,10-15H2,1-4H3. The lowest BCUT2D eigenvalue weighted by Crippen LogP contribution is -2.27. The molecule has 1 aromatic carbocycles. The van der Waals surface area contributed by atoms with Crippen LogP contribution in [-0.4, -0.2) is 44.8 Å². The molecule has 0 aliphatic rings. The molecule has 1 aromatic rings. The fourth-order valence-electron chi connectivity index (χ4n) is 2.38. The van der Waals surface area contributed by atoms with Crippen LogP contribution in [0.3, 0.4) is 0 Å². The van der Waals surface area contributed by atoms with Gasteiger partial charge in [-0.15, -0.1) is 0 Å². The molecule has 0 spiro atoms. The quantitative estimate of drug-likeness (QED) is 0.635. The van der Waals surface area contributed by atoms with E-state index < -0.39 is 0 Å². The molecule has 120 valence electrons. The predicted octanol–water partition coefficient (Wildman–Crippen LogP) is 2.94. The summed E-state index contributed by atoms with van der Waals surface area (Å²) in [6, 6.07) is 8.81. The molecule has 0 atom stereocenters. The number of ether oxygens (including phenoxy) is 1. The number of nitrogens with zero attached hydrogens (tertiary/aromatic N) is 1. The van der Waals surface area contributed by atoms with Gasteiger partial charge in [0.25, 0.3) is 0 Å². The van der Waals surface area contributed by atoms with Crippen LogP contribution in [0.25, 0.3) is 0 Å². The highest BCUT2D eigenvalue weighted by Gasteiger charge is 2.07. The van der Waals surface area contributed by atoms with Crippen LogP contribution >= 0.6 is 0 Å². The fraction of sp³-hybridized carbons (Fsp3) is 0.667. The van der Waals surface area contributed by atoms with Crippen molar-refractivity contribution in [2.75, 3.05) is 39.9 Å². The molecule has 0 amide bonds. The minimum Gasteiger partial charge on any atom is -0.383 e. The van der Waals surface area contributed by atoms with Crippen molar-refractivity contribution in [2.45, 2.75) is 33.7 Å². The van der Waals surface area contributed by atoms with Gasteiger partial charge in [0.15, 0.2) is 0 Å². The summed E-state index contributed by atoms with van der Waals surface area (Å²) >= 11 is 0. The number of rotatable bonds is 11. The highest BCUT2D eigenvalue weighted by Crippen LogP contribution is 2.12. The molecule has 0 aromatic heterocycles. The number of nitrogens with one attached hydrogen (secondary N) is 1. The molecule has 1 rings (SSSR count). The summed E-state index contributed by atoms with van der Waals surface area (Å²) in [7, 11) is 1.77. The molecule has 0 aliphatic heterocycles. The molecule has 0 unspecified atom stereocenters. The third-order valence-electron chi connectivity index (χ3n) is 3.69. The normalized spacial score (nSPS) is 11.5. The monoisotopic (exact) mass is 292 g/mol. The lowest BCUT2D eigenvalue weighted by molar-refractivity contribution is 0.147. The molecule has 0 bridgehead atoms. The molecule has 3 heteroatoms. The number of likely N-dealkylation sites (N-methyl/N-ethyl adjacent to an activating group) is 1. The second kappa shape index (κ2) is 10.8. The van der Waals surface area contributed by atoms with Gasteiger partial charge in [-0.1, -0.05) is 45.0 Å². The Kier molecular flexibility index (Phi) is 9.31. The van der Waals surface area contributed by atoms with Crippen molar-refractivity contribution in [1.82, 2.24) is 10.2 Å². The largest absolute Gasteiger partial charge is 0.383 e. The zero-order valence-corrected chi connectivity index (χ0v) is 14.2. The van der Waals surface area contributed by atoms with E-state index in [0.29, 0.717) is 5.92 Å². The molecular weight excluding hydrogens is 260 g/mol. The van der Waals surface area contributed by atoms with E-state index in [1.54, 1.807) is 7.11 Å². The third kappa shape index (κ3) is 7.60. The first-order valence-corrected chi connectivity index (χ1v) is 8.16. The summed E-state index contributed by atoms with van der Waals surface area (Å²) in [4.78, 5) is 2.43. The minimum atomic E-state index is 0.713. The van der Waals surface area contributed by atoms with Crippen LogP contribution in [-0.2, 0) is 17.7 Å². The molecule has 1 N–H and O–H groups in total. The average molecular weight is 292 g/mol. The summed E-state index contributed by atoms with van der Waals surface area (Å²) in [6.45, 7) is 12.7. The minimum absolute atomic E-state index is 0.713. The van der Waals surface area contributed by atoms with E-state index in [1.165, 1.54) is 11.1 Å². The first kappa shape index (κ1) is 18.1. The Morgan fingerprint density at radius 3 is 2.52 bits per heavy atom. The van der Waals surface area contributed by atoms with E-state index in [1.807, 2.05) is 0 Å². The van der Waals surface area contributed by atoms with Crippen LogP contribution in [0.2, 0.25) is 0 Å². The van der Waals surface area contributed by atoms with Gasteiger partial charge in [-0.25, -0.2) is 0 Å². The molecule has 0 aliphatic carbocycles. The Morgan fingerprint density at radius 1 is 1.19 bits per heavy atom. The average Bonchev–Trinajstić information content (AvgIpc) is 2.49. The van der Waals surface area contributed by atoms with E-state index >= 15 is 0 Å². The number of hydrogen-bond donors (Lipinski definition) is 1. The van der Waals surface area contributed by atoms with Gasteiger partial charge in [0.05, 0.1) is 6.61 Å². The maximum atomic E-state index is 5.19. The third-order valence-corrected chi connectivity index (χ3v) is 3.69. The predicted molar refractivity (Wildman–Crippen MR) is 90.7 cm³/mol. The van der Waals surface area contributed by atoms with Crippen molar-refractivity contribution in [3.63, 3.8) is 0 Å². The van der Waals surface area contributed by atoms with Crippen molar-refractivity contribution < 1.29 is 4.74 Å². The molecule has 0 heterocycles. The molecule has 0 radical (unpaired) electrons. The van der Waals surface area contributed by atoms with Crippen molar-refractivity contribution in [2.24, 2.45) is 5.92 Å². The molecule has 0 fully saturated rings. The van der Waals surface area contributed by atoms with Gasteiger partial charge in [0.1, 0.15) is 0 Å².